The summed E-state index contributed by atoms with van der Waals surface area (Å²) in [6, 6.07) is 0. The number of aliphatic carboxylic acids is 1. The highest BCUT2D eigenvalue weighted by Gasteiger charge is 2.50. The minimum absolute atomic E-state index is 0.0540. The Morgan fingerprint density at radius 2 is 2.11 bits per heavy atom. The quantitative estimate of drug-likeness (QED) is 0.881. The van der Waals surface area contributed by atoms with E-state index >= 15 is 0 Å². The smallest absolute Gasteiger partial charge is 0.308 e. The minimum Gasteiger partial charge on any atom is -0.481 e. The van der Waals surface area contributed by atoms with Crippen LogP contribution in [0.5, 0.6) is 0 Å². The summed E-state index contributed by atoms with van der Waals surface area (Å²) in [5.41, 5.74) is -0.0540. The van der Waals surface area contributed by atoms with Gasteiger partial charge in [-0.15, -0.1) is 0 Å². The number of nitrogens with zero attached hydrogens (tertiary/aromatic N) is 3. The van der Waals surface area contributed by atoms with Gasteiger partial charge < -0.3 is 10.0 Å². The largest absolute Gasteiger partial charge is 0.481 e. The van der Waals surface area contributed by atoms with Crippen LogP contribution in [0.3, 0.4) is 0 Å². The number of hydrogen-bond acceptors (Lipinski definition) is 4. The molecular weight excluding hydrogens is 242 g/mol. The predicted octanol–water partition coefficient (Wildman–Crippen LogP) is 1.95. The molecule has 1 saturated carbocycles. The monoisotopic (exact) mass is 261 g/mol. The Labute approximate surface area is 112 Å². The number of rotatable bonds is 2. The van der Waals surface area contributed by atoms with Gasteiger partial charge in [-0.2, -0.15) is 0 Å². The average Bonchev–Trinajstić information content (AvgIpc) is 2.80. The fraction of sp³-hybridized carbons (Fsp3) is 0.643. The Morgan fingerprint density at radius 3 is 2.74 bits per heavy atom. The zero-order chi connectivity index (χ0) is 13.3. The van der Waals surface area contributed by atoms with Gasteiger partial charge in [0.2, 0.25) is 0 Å². The van der Waals surface area contributed by atoms with Gasteiger partial charge in [-0.25, -0.2) is 4.98 Å². The second-order valence-electron chi connectivity index (χ2n) is 5.76. The first-order chi connectivity index (χ1) is 9.21. The summed E-state index contributed by atoms with van der Waals surface area (Å²) in [7, 11) is 0. The molecule has 102 valence electrons. The first-order valence-corrected chi connectivity index (χ1v) is 6.95. The van der Waals surface area contributed by atoms with E-state index in [0.717, 1.165) is 38.0 Å². The SMILES string of the molecule is O=C(O)C1CN(c2cnccn2)CC12CCCCC2. The Bertz CT molecular complexity index is 457. The molecule has 0 bridgehead atoms. The zero-order valence-corrected chi connectivity index (χ0v) is 11.0. The molecule has 5 nitrogen and oxygen atoms in total. The lowest BCUT2D eigenvalue weighted by Gasteiger charge is -2.36. The number of carboxylic acid groups (broad SMARTS) is 1. The summed E-state index contributed by atoms with van der Waals surface area (Å²) < 4.78 is 0. The zero-order valence-electron chi connectivity index (χ0n) is 11.0. The normalized spacial score (nSPS) is 25.7. The van der Waals surface area contributed by atoms with Crippen LogP contribution >= 0.6 is 0 Å². The van der Waals surface area contributed by atoms with Crippen LogP contribution in [0, 0.1) is 11.3 Å². The van der Waals surface area contributed by atoms with E-state index in [1.807, 2.05) is 0 Å². The second kappa shape index (κ2) is 4.79. The Balaban J connectivity index is 1.86. The molecule has 1 unspecified atom stereocenters. The molecule has 0 aromatic carbocycles. The molecule has 1 atom stereocenters. The van der Waals surface area contributed by atoms with Crippen molar-refractivity contribution < 1.29 is 9.90 Å². The number of anilines is 1. The van der Waals surface area contributed by atoms with E-state index in [4.69, 9.17) is 0 Å². The third-order valence-electron chi connectivity index (χ3n) is 4.67. The van der Waals surface area contributed by atoms with Gasteiger partial charge in [-0.1, -0.05) is 19.3 Å². The molecule has 5 heteroatoms. The molecule has 2 aliphatic rings. The van der Waals surface area contributed by atoms with Crippen LogP contribution < -0.4 is 4.90 Å². The van der Waals surface area contributed by atoms with E-state index in [1.165, 1.54) is 6.42 Å². The van der Waals surface area contributed by atoms with Crippen LogP contribution in [-0.2, 0) is 4.79 Å². The topological polar surface area (TPSA) is 66.3 Å². The molecular formula is C14H19N3O2. The average molecular weight is 261 g/mol. The van der Waals surface area contributed by atoms with Gasteiger partial charge in [0.1, 0.15) is 5.82 Å². The lowest BCUT2D eigenvalue weighted by molar-refractivity contribution is -0.145. The summed E-state index contributed by atoms with van der Waals surface area (Å²) in [6.07, 6.45) is 10.6. The van der Waals surface area contributed by atoms with Crippen molar-refractivity contribution in [2.45, 2.75) is 32.1 Å². The number of aromatic nitrogens is 2. The molecule has 1 saturated heterocycles. The van der Waals surface area contributed by atoms with Crippen molar-refractivity contribution >= 4 is 11.8 Å². The summed E-state index contributed by atoms with van der Waals surface area (Å²) in [6.45, 7) is 1.37. The number of carboxylic acids is 1. The molecule has 0 amide bonds. The third kappa shape index (κ3) is 2.17. The first kappa shape index (κ1) is 12.4. The van der Waals surface area contributed by atoms with Gasteiger partial charge >= 0.3 is 5.97 Å². The lowest BCUT2D eigenvalue weighted by atomic mass is 9.68. The van der Waals surface area contributed by atoms with E-state index in [1.54, 1.807) is 18.6 Å². The highest BCUT2D eigenvalue weighted by Crippen LogP contribution is 2.48. The van der Waals surface area contributed by atoms with Gasteiger partial charge in [-0.3, -0.25) is 9.78 Å². The maximum Gasteiger partial charge on any atom is 0.308 e. The van der Waals surface area contributed by atoms with E-state index in [-0.39, 0.29) is 11.3 Å². The van der Waals surface area contributed by atoms with Crippen LogP contribution in [0.25, 0.3) is 0 Å². The van der Waals surface area contributed by atoms with Crippen molar-refractivity contribution in [3.05, 3.63) is 18.6 Å². The Morgan fingerprint density at radius 1 is 1.32 bits per heavy atom. The van der Waals surface area contributed by atoms with Crippen molar-refractivity contribution in [2.75, 3.05) is 18.0 Å². The molecule has 1 spiro atoms. The molecule has 2 fully saturated rings. The molecule has 1 N–H and O–H groups in total. The molecule has 1 aromatic rings. The van der Waals surface area contributed by atoms with Crippen molar-refractivity contribution in [1.29, 1.82) is 0 Å². The highest BCUT2D eigenvalue weighted by atomic mass is 16.4. The van der Waals surface area contributed by atoms with Gasteiger partial charge in [0.25, 0.3) is 0 Å². The molecule has 19 heavy (non-hydrogen) atoms. The Hall–Kier alpha value is -1.65. The van der Waals surface area contributed by atoms with Crippen molar-refractivity contribution in [2.24, 2.45) is 11.3 Å². The maximum absolute atomic E-state index is 11.6. The minimum atomic E-state index is -0.659. The van der Waals surface area contributed by atoms with Crippen LogP contribution in [0.2, 0.25) is 0 Å². The second-order valence-corrected chi connectivity index (χ2v) is 5.76. The summed E-state index contributed by atoms with van der Waals surface area (Å²) >= 11 is 0. The van der Waals surface area contributed by atoms with Gasteiger partial charge in [0.05, 0.1) is 12.1 Å². The van der Waals surface area contributed by atoms with E-state index < -0.39 is 5.97 Å². The van der Waals surface area contributed by atoms with Crippen LogP contribution in [0.15, 0.2) is 18.6 Å². The lowest BCUT2D eigenvalue weighted by Crippen LogP contribution is -2.36. The molecule has 1 aromatic heterocycles. The van der Waals surface area contributed by atoms with Crippen LogP contribution in [-0.4, -0.2) is 34.1 Å². The fourth-order valence-corrected chi connectivity index (χ4v) is 3.70. The van der Waals surface area contributed by atoms with Gasteiger partial charge in [0.15, 0.2) is 0 Å². The summed E-state index contributed by atoms with van der Waals surface area (Å²) in [4.78, 5) is 22.1. The Kier molecular flexibility index (Phi) is 3.12. The number of carbonyl (C=O) groups is 1. The number of hydrogen-bond donors (Lipinski definition) is 1. The predicted molar refractivity (Wildman–Crippen MR) is 70.9 cm³/mol. The van der Waals surface area contributed by atoms with E-state index in [9.17, 15) is 9.90 Å². The van der Waals surface area contributed by atoms with Crippen molar-refractivity contribution in [3.8, 4) is 0 Å². The highest BCUT2D eigenvalue weighted by molar-refractivity contribution is 5.73. The molecule has 2 heterocycles. The fourth-order valence-electron chi connectivity index (χ4n) is 3.70. The van der Waals surface area contributed by atoms with Crippen molar-refractivity contribution in [1.82, 2.24) is 9.97 Å². The first-order valence-electron chi connectivity index (χ1n) is 6.95. The molecule has 3 rings (SSSR count). The molecule has 1 aliphatic carbocycles. The summed E-state index contributed by atoms with van der Waals surface area (Å²) in [5.74, 6) is -0.126. The van der Waals surface area contributed by atoms with E-state index in [0.29, 0.717) is 6.54 Å². The standard InChI is InChI=1S/C14H19N3O2/c18-13(19)11-9-17(12-8-15-6-7-16-12)10-14(11)4-2-1-3-5-14/h6-8,11H,1-5,9-10H2,(H,18,19). The third-order valence-corrected chi connectivity index (χ3v) is 4.67. The summed E-state index contributed by atoms with van der Waals surface area (Å²) in [5, 5.41) is 9.53. The molecule has 1 aliphatic heterocycles. The molecule has 0 radical (unpaired) electrons. The van der Waals surface area contributed by atoms with Crippen LogP contribution in [0.4, 0.5) is 5.82 Å². The van der Waals surface area contributed by atoms with Gasteiger partial charge in [-0.05, 0) is 12.8 Å². The maximum atomic E-state index is 11.6. The van der Waals surface area contributed by atoms with Crippen LogP contribution in [0.1, 0.15) is 32.1 Å². The van der Waals surface area contributed by atoms with E-state index in [2.05, 4.69) is 14.9 Å². The van der Waals surface area contributed by atoms with Gasteiger partial charge in [0, 0.05) is 30.9 Å². The van der Waals surface area contributed by atoms with Crippen molar-refractivity contribution in [3.63, 3.8) is 0 Å².